The summed E-state index contributed by atoms with van der Waals surface area (Å²) in [6.45, 7) is 0.422. The Balaban J connectivity index is 1.81. The van der Waals surface area contributed by atoms with Crippen molar-refractivity contribution in [1.29, 1.82) is 0 Å². The Bertz CT molecular complexity index is 1090. The van der Waals surface area contributed by atoms with Gasteiger partial charge in [-0.25, -0.2) is 9.38 Å². The molecule has 0 radical (unpaired) electrons. The predicted molar refractivity (Wildman–Crippen MR) is 107 cm³/mol. The maximum atomic E-state index is 13.7. The van der Waals surface area contributed by atoms with Crippen molar-refractivity contribution in [3.05, 3.63) is 83.9 Å². The average molecular weight is 407 g/mol. The van der Waals surface area contributed by atoms with Crippen molar-refractivity contribution >= 4 is 12.5 Å². The number of carbonyl (C=O) groups is 1. The summed E-state index contributed by atoms with van der Waals surface area (Å²) in [6, 6.07) is 16.5. The first-order valence-corrected chi connectivity index (χ1v) is 9.08. The number of nitrogens with zero attached hydrogens (tertiary/aromatic N) is 2. The summed E-state index contributed by atoms with van der Waals surface area (Å²) in [7, 11) is 1.59. The van der Waals surface area contributed by atoms with E-state index in [0.717, 1.165) is 22.9 Å². The molecule has 2 aromatic carbocycles. The van der Waals surface area contributed by atoms with Gasteiger partial charge < -0.3 is 14.3 Å². The third-order valence-electron chi connectivity index (χ3n) is 4.85. The van der Waals surface area contributed by atoms with E-state index >= 15 is 0 Å². The number of carbonyl (C=O) groups excluding carboxylic acids is 1. The molecule has 7 nitrogen and oxygen atoms in total. The molecule has 0 spiro atoms. The van der Waals surface area contributed by atoms with Crippen molar-refractivity contribution in [3.63, 3.8) is 0 Å². The molecule has 1 aliphatic heterocycles. The number of methoxy groups -OCH3 is 1. The van der Waals surface area contributed by atoms with Crippen molar-refractivity contribution in [1.82, 2.24) is 10.5 Å². The van der Waals surface area contributed by atoms with Gasteiger partial charge in [-0.3, -0.25) is 9.78 Å². The smallest absolute Gasteiger partial charge is 0.320 e. The molecule has 1 N–H and O–H groups in total. The van der Waals surface area contributed by atoms with E-state index < -0.39 is 11.4 Å². The fourth-order valence-corrected chi connectivity index (χ4v) is 3.39. The van der Waals surface area contributed by atoms with E-state index in [1.54, 1.807) is 13.3 Å². The van der Waals surface area contributed by atoms with Gasteiger partial charge in [0.05, 0.1) is 13.3 Å². The molecule has 3 aromatic rings. The number of aliphatic imine (C=N–C) groups is 1. The van der Waals surface area contributed by atoms with Gasteiger partial charge in [0.1, 0.15) is 18.2 Å². The summed E-state index contributed by atoms with van der Waals surface area (Å²) in [5, 5.41) is 0. The maximum absolute atomic E-state index is 13.7. The van der Waals surface area contributed by atoms with E-state index in [9.17, 15) is 9.18 Å². The zero-order valence-electron chi connectivity index (χ0n) is 16.0. The number of hydroxylamine groups is 1. The number of pyridine rings is 1. The van der Waals surface area contributed by atoms with E-state index in [1.165, 1.54) is 6.07 Å². The third kappa shape index (κ3) is 3.67. The van der Waals surface area contributed by atoms with Crippen molar-refractivity contribution in [2.24, 2.45) is 4.99 Å². The summed E-state index contributed by atoms with van der Waals surface area (Å²) in [6.07, 6.45) is 2.76. The number of hydrogen-bond acceptors (Lipinski definition) is 7. The lowest BCUT2D eigenvalue weighted by atomic mass is 9.83. The summed E-state index contributed by atoms with van der Waals surface area (Å²) in [5.74, 6) is 0.293. The number of aromatic nitrogens is 1. The minimum Gasteiger partial charge on any atom is -0.497 e. The number of nitrogens with one attached hydrogen (secondary N) is 1. The van der Waals surface area contributed by atoms with Crippen LogP contribution >= 0.6 is 0 Å². The molecule has 152 valence electrons. The van der Waals surface area contributed by atoms with Crippen molar-refractivity contribution < 1.29 is 23.5 Å². The molecule has 0 aliphatic carbocycles. The molecule has 30 heavy (non-hydrogen) atoms. The van der Waals surface area contributed by atoms with Crippen LogP contribution in [-0.2, 0) is 19.9 Å². The lowest BCUT2D eigenvalue weighted by molar-refractivity contribution is -0.132. The molecule has 1 unspecified atom stereocenters. The minimum absolute atomic E-state index is 0.0794. The molecule has 0 bridgehead atoms. The first kappa shape index (κ1) is 19.4. The number of ether oxygens (including phenoxy) is 2. The van der Waals surface area contributed by atoms with Crippen LogP contribution in [-0.4, -0.2) is 31.2 Å². The minimum atomic E-state index is -0.905. The van der Waals surface area contributed by atoms with Crippen LogP contribution in [0.4, 0.5) is 4.39 Å². The van der Waals surface area contributed by atoms with Crippen LogP contribution in [0.1, 0.15) is 11.1 Å². The molecule has 1 aromatic heterocycles. The Morgan fingerprint density at radius 2 is 1.93 bits per heavy atom. The second-order valence-corrected chi connectivity index (χ2v) is 6.58. The molecule has 2 heterocycles. The fraction of sp³-hybridized carbons (Fsp3) is 0.136. The van der Waals surface area contributed by atoms with Crippen LogP contribution in [0.15, 0.2) is 72.0 Å². The maximum Gasteiger partial charge on any atom is 0.320 e. The Morgan fingerprint density at radius 3 is 2.67 bits per heavy atom. The Morgan fingerprint density at radius 1 is 1.10 bits per heavy atom. The Kier molecular flexibility index (Phi) is 5.30. The van der Waals surface area contributed by atoms with Gasteiger partial charge in [-0.1, -0.05) is 30.3 Å². The highest BCUT2D eigenvalue weighted by Gasteiger charge is 2.41. The van der Waals surface area contributed by atoms with E-state index in [-0.39, 0.29) is 19.1 Å². The number of halogens is 1. The molecule has 0 amide bonds. The van der Waals surface area contributed by atoms with Crippen LogP contribution in [0.25, 0.3) is 11.1 Å². The molecular weight excluding hydrogens is 389 g/mol. The van der Waals surface area contributed by atoms with E-state index in [1.807, 2.05) is 48.5 Å². The topological polar surface area (TPSA) is 82.0 Å². The highest BCUT2D eigenvalue weighted by Crippen LogP contribution is 2.39. The van der Waals surface area contributed by atoms with Gasteiger partial charge in [0, 0.05) is 11.8 Å². The lowest BCUT2D eigenvalue weighted by Gasteiger charge is -2.26. The first-order chi connectivity index (χ1) is 14.6. The van der Waals surface area contributed by atoms with Crippen LogP contribution in [0.5, 0.6) is 5.75 Å². The number of hydrogen-bond donors (Lipinski definition) is 1. The number of amidine groups is 1. The highest BCUT2D eigenvalue weighted by atomic mass is 19.1. The Labute approximate surface area is 172 Å². The van der Waals surface area contributed by atoms with Gasteiger partial charge in [0.25, 0.3) is 0 Å². The highest BCUT2D eigenvalue weighted by molar-refractivity contribution is 5.77. The summed E-state index contributed by atoms with van der Waals surface area (Å²) < 4.78 is 24.6. The quantitative estimate of drug-likeness (QED) is 0.499. The predicted octanol–water partition coefficient (Wildman–Crippen LogP) is 3.20. The SMILES string of the molecule is COc1ccc(C2(c3cccc(-c4cncc(F)c4)c3)COC(NOC=O)=N2)cc1. The molecular formula is C22H18FN3O4. The molecule has 1 aliphatic rings. The average Bonchev–Trinajstić information content (AvgIpc) is 3.23. The molecule has 0 fully saturated rings. The zero-order valence-corrected chi connectivity index (χ0v) is 16.0. The summed E-state index contributed by atoms with van der Waals surface area (Å²) >= 11 is 0. The molecule has 1 atom stereocenters. The van der Waals surface area contributed by atoms with Gasteiger partial charge in [0.15, 0.2) is 5.54 Å². The Hall–Kier alpha value is -3.94. The van der Waals surface area contributed by atoms with E-state index in [4.69, 9.17) is 9.47 Å². The third-order valence-corrected chi connectivity index (χ3v) is 4.85. The van der Waals surface area contributed by atoms with E-state index in [0.29, 0.717) is 11.3 Å². The van der Waals surface area contributed by atoms with Crippen molar-refractivity contribution in [3.8, 4) is 16.9 Å². The normalized spacial score (nSPS) is 17.6. The summed E-state index contributed by atoms with van der Waals surface area (Å²) in [4.78, 5) is 23.7. The van der Waals surface area contributed by atoms with Crippen LogP contribution in [0.3, 0.4) is 0 Å². The van der Waals surface area contributed by atoms with Crippen LogP contribution in [0.2, 0.25) is 0 Å². The number of rotatable bonds is 6. The van der Waals surface area contributed by atoms with Crippen LogP contribution < -0.4 is 10.2 Å². The fourth-order valence-electron chi connectivity index (χ4n) is 3.39. The first-order valence-electron chi connectivity index (χ1n) is 9.08. The zero-order chi connectivity index (χ0) is 21.0. The van der Waals surface area contributed by atoms with Crippen molar-refractivity contribution in [2.45, 2.75) is 5.54 Å². The number of benzene rings is 2. The monoisotopic (exact) mass is 407 g/mol. The molecule has 8 heteroatoms. The van der Waals surface area contributed by atoms with E-state index in [2.05, 4.69) is 20.3 Å². The van der Waals surface area contributed by atoms with Gasteiger partial charge in [-0.15, -0.1) is 0 Å². The van der Waals surface area contributed by atoms with Crippen molar-refractivity contribution in [2.75, 3.05) is 13.7 Å². The molecule has 0 saturated heterocycles. The van der Waals surface area contributed by atoms with Gasteiger partial charge in [-0.05, 0) is 41.0 Å². The molecule has 0 saturated carbocycles. The van der Waals surface area contributed by atoms with Gasteiger partial charge >= 0.3 is 12.5 Å². The second-order valence-electron chi connectivity index (χ2n) is 6.58. The standard InChI is InChI=1S/C22H18FN3O4/c1-28-20-7-5-17(6-8-20)22(13-29-21(25-22)26-30-14-27)18-4-2-3-15(9-18)16-10-19(23)12-24-11-16/h2-12,14H,13H2,1H3,(H,25,26). The second kappa shape index (κ2) is 8.20. The van der Waals surface area contributed by atoms with Gasteiger partial charge in [0.2, 0.25) is 0 Å². The van der Waals surface area contributed by atoms with Crippen LogP contribution in [0, 0.1) is 5.82 Å². The molecule has 4 rings (SSSR count). The largest absolute Gasteiger partial charge is 0.497 e. The lowest BCUT2D eigenvalue weighted by Crippen LogP contribution is -2.27. The van der Waals surface area contributed by atoms with Gasteiger partial charge in [-0.2, -0.15) is 5.48 Å². The summed E-state index contributed by atoms with van der Waals surface area (Å²) in [5.41, 5.74) is 4.57.